The number of nitrogen functional groups attached to an aromatic ring is 1. The maximum atomic E-state index is 12.1. The first-order valence-electron chi connectivity index (χ1n) is 7.98. The van der Waals surface area contributed by atoms with Gasteiger partial charge in [-0.25, -0.2) is 0 Å². The van der Waals surface area contributed by atoms with E-state index in [0.717, 1.165) is 23.9 Å². The number of carbonyl (C=O) groups is 1. The first-order valence-corrected chi connectivity index (χ1v) is 8.80. The minimum absolute atomic E-state index is 0.0443. The highest BCUT2D eigenvalue weighted by Gasteiger charge is 2.32. The Bertz CT molecular complexity index is 492. The molecule has 21 heavy (non-hydrogen) atoms. The van der Waals surface area contributed by atoms with Gasteiger partial charge in [0, 0.05) is 18.7 Å². The second-order valence-electron chi connectivity index (χ2n) is 6.18. The van der Waals surface area contributed by atoms with Crippen LogP contribution in [0.1, 0.15) is 67.6 Å². The zero-order chi connectivity index (χ0) is 15.4. The highest BCUT2D eigenvalue weighted by molar-refractivity contribution is 7.18. The van der Waals surface area contributed by atoms with Gasteiger partial charge < -0.3 is 16.4 Å². The van der Waals surface area contributed by atoms with Gasteiger partial charge in [-0.15, -0.1) is 11.3 Å². The molecule has 4 N–H and O–H groups in total. The maximum absolute atomic E-state index is 12.1. The van der Waals surface area contributed by atoms with Crippen LogP contribution in [0.25, 0.3) is 0 Å². The van der Waals surface area contributed by atoms with Crippen LogP contribution in [0.2, 0.25) is 0 Å². The number of hydrogen-bond acceptors (Lipinski definition) is 4. The third-order valence-electron chi connectivity index (χ3n) is 3.76. The first-order chi connectivity index (χ1) is 10.0. The molecule has 0 saturated heterocycles. The number of nitrogens with two attached hydrogens (primary N) is 1. The van der Waals surface area contributed by atoms with E-state index in [-0.39, 0.29) is 5.91 Å². The Morgan fingerprint density at radius 2 is 2.14 bits per heavy atom. The van der Waals surface area contributed by atoms with Gasteiger partial charge in [-0.2, -0.15) is 0 Å². The van der Waals surface area contributed by atoms with Crippen molar-refractivity contribution in [1.29, 1.82) is 0 Å². The number of anilines is 2. The molecule has 0 unspecified atom stereocenters. The summed E-state index contributed by atoms with van der Waals surface area (Å²) in [6.07, 6.45) is 4.75. The minimum atomic E-state index is -0.0443. The monoisotopic (exact) mass is 309 g/mol. The summed E-state index contributed by atoms with van der Waals surface area (Å²) in [5.41, 5.74) is 8.12. The molecule has 1 heterocycles. The molecule has 0 bridgehead atoms. The van der Waals surface area contributed by atoms with Crippen molar-refractivity contribution in [3.05, 3.63) is 10.4 Å². The Kier molecular flexibility index (Phi) is 5.51. The van der Waals surface area contributed by atoms with Crippen molar-refractivity contribution >= 4 is 27.9 Å². The summed E-state index contributed by atoms with van der Waals surface area (Å²) in [7, 11) is 0. The number of carbonyl (C=O) groups excluding carboxylic acids is 1. The van der Waals surface area contributed by atoms with E-state index in [4.69, 9.17) is 5.73 Å². The predicted molar refractivity (Wildman–Crippen MR) is 91.3 cm³/mol. The van der Waals surface area contributed by atoms with Crippen LogP contribution in [0.4, 0.5) is 10.7 Å². The molecule has 0 aliphatic heterocycles. The molecule has 5 heteroatoms. The first kappa shape index (κ1) is 16.1. The Balaban J connectivity index is 2.08. The third kappa shape index (κ3) is 4.13. The highest BCUT2D eigenvalue weighted by Crippen LogP contribution is 2.50. The summed E-state index contributed by atoms with van der Waals surface area (Å²) in [6.45, 7) is 7.99. The molecule has 1 aliphatic rings. The predicted octanol–water partition coefficient (Wildman–Crippen LogP) is 3.81. The van der Waals surface area contributed by atoms with E-state index in [1.807, 2.05) is 6.92 Å². The quantitative estimate of drug-likeness (QED) is 0.640. The van der Waals surface area contributed by atoms with Crippen LogP contribution in [0, 0.1) is 5.92 Å². The minimum Gasteiger partial charge on any atom is -0.397 e. The molecule has 0 aromatic carbocycles. The Hall–Kier alpha value is -1.23. The lowest BCUT2D eigenvalue weighted by molar-refractivity contribution is 0.0960. The number of thiophene rings is 1. The molecule has 0 radical (unpaired) electrons. The number of hydrogen-bond donors (Lipinski definition) is 3. The lowest BCUT2D eigenvalue weighted by Gasteiger charge is -2.08. The van der Waals surface area contributed by atoms with Gasteiger partial charge in [-0.05, 0) is 44.4 Å². The Labute approximate surface area is 131 Å². The zero-order valence-electron chi connectivity index (χ0n) is 13.3. The summed E-state index contributed by atoms with van der Waals surface area (Å²) < 4.78 is 0. The van der Waals surface area contributed by atoms with E-state index in [1.54, 1.807) is 0 Å². The van der Waals surface area contributed by atoms with E-state index < -0.39 is 0 Å². The summed E-state index contributed by atoms with van der Waals surface area (Å²) >= 11 is 1.51. The van der Waals surface area contributed by atoms with Crippen LogP contribution < -0.4 is 16.4 Å². The molecule has 118 valence electrons. The largest absolute Gasteiger partial charge is 0.397 e. The van der Waals surface area contributed by atoms with Gasteiger partial charge in [0.15, 0.2) is 0 Å². The molecule has 4 nitrogen and oxygen atoms in total. The Morgan fingerprint density at radius 3 is 2.71 bits per heavy atom. The molecule has 1 amide bonds. The van der Waals surface area contributed by atoms with E-state index in [1.165, 1.54) is 36.2 Å². The van der Waals surface area contributed by atoms with Crippen LogP contribution in [0.5, 0.6) is 0 Å². The SMILES string of the molecule is CCNC(=O)c1sc(NCCCC(C)C)c(C2CC2)c1N. The van der Waals surface area contributed by atoms with Gasteiger partial charge in [-0.3, -0.25) is 4.79 Å². The number of rotatable bonds is 8. The molecule has 2 rings (SSSR count). The smallest absolute Gasteiger partial charge is 0.263 e. The fourth-order valence-corrected chi connectivity index (χ4v) is 3.64. The zero-order valence-corrected chi connectivity index (χ0v) is 14.1. The van der Waals surface area contributed by atoms with Gasteiger partial charge in [0.1, 0.15) is 4.88 Å². The number of amides is 1. The van der Waals surface area contributed by atoms with E-state index in [0.29, 0.717) is 23.0 Å². The molecule has 1 aromatic heterocycles. The lowest BCUT2D eigenvalue weighted by Crippen LogP contribution is -2.22. The average Bonchev–Trinajstić information content (AvgIpc) is 3.19. The molecule has 1 fully saturated rings. The summed E-state index contributed by atoms with van der Waals surface area (Å²) in [6, 6.07) is 0. The van der Waals surface area contributed by atoms with Gasteiger partial charge >= 0.3 is 0 Å². The van der Waals surface area contributed by atoms with Crippen molar-refractivity contribution in [1.82, 2.24) is 5.32 Å². The van der Waals surface area contributed by atoms with Crippen LogP contribution in [0.3, 0.4) is 0 Å². The molecule has 1 aliphatic carbocycles. The topological polar surface area (TPSA) is 67.2 Å². The van der Waals surface area contributed by atoms with Crippen molar-refractivity contribution in [3.8, 4) is 0 Å². The second-order valence-corrected chi connectivity index (χ2v) is 7.20. The number of nitrogens with one attached hydrogen (secondary N) is 2. The van der Waals surface area contributed by atoms with Crippen LogP contribution in [-0.4, -0.2) is 19.0 Å². The second kappa shape index (κ2) is 7.16. The summed E-state index contributed by atoms with van der Waals surface area (Å²) in [5, 5.41) is 7.47. The normalized spacial score (nSPS) is 14.5. The standard InChI is InChI=1S/C16H27N3OS/c1-4-18-15(20)14-13(17)12(11-7-8-11)16(21-14)19-9-5-6-10(2)3/h10-11,19H,4-9,17H2,1-3H3,(H,18,20). The summed E-state index contributed by atoms with van der Waals surface area (Å²) in [5.74, 6) is 1.24. The van der Waals surface area contributed by atoms with Crippen molar-refractivity contribution in [2.45, 2.75) is 52.4 Å². The van der Waals surface area contributed by atoms with Crippen LogP contribution in [0.15, 0.2) is 0 Å². The molecular formula is C16H27N3OS. The fraction of sp³-hybridized carbons (Fsp3) is 0.688. The van der Waals surface area contributed by atoms with E-state index >= 15 is 0 Å². The summed E-state index contributed by atoms with van der Waals surface area (Å²) in [4.78, 5) is 12.8. The fourth-order valence-electron chi connectivity index (χ4n) is 2.49. The van der Waals surface area contributed by atoms with Gasteiger partial charge in [0.25, 0.3) is 5.91 Å². The molecular weight excluding hydrogens is 282 g/mol. The van der Waals surface area contributed by atoms with Crippen molar-refractivity contribution in [2.75, 3.05) is 24.1 Å². The third-order valence-corrected chi connectivity index (χ3v) is 4.93. The van der Waals surface area contributed by atoms with Crippen LogP contribution in [-0.2, 0) is 0 Å². The maximum Gasteiger partial charge on any atom is 0.263 e. The molecule has 1 saturated carbocycles. The van der Waals surface area contributed by atoms with E-state index in [9.17, 15) is 4.79 Å². The van der Waals surface area contributed by atoms with Crippen molar-refractivity contribution in [3.63, 3.8) is 0 Å². The Morgan fingerprint density at radius 1 is 1.43 bits per heavy atom. The van der Waals surface area contributed by atoms with Gasteiger partial charge in [-0.1, -0.05) is 13.8 Å². The van der Waals surface area contributed by atoms with Crippen LogP contribution >= 0.6 is 11.3 Å². The van der Waals surface area contributed by atoms with Gasteiger partial charge in [0.2, 0.25) is 0 Å². The van der Waals surface area contributed by atoms with Gasteiger partial charge in [0.05, 0.1) is 10.7 Å². The highest BCUT2D eigenvalue weighted by atomic mass is 32.1. The molecule has 0 spiro atoms. The van der Waals surface area contributed by atoms with E-state index in [2.05, 4.69) is 24.5 Å². The van der Waals surface area contributed by atoms with Crippen molar-refractivity contribution in [2.24, 2.45) is 5.92 Å². The average molecular weight is 309 g/mol. The molecule has 1 aromatic rings. The van der Waals surface area contributed by atoms with Crippen molar-refractivity contribution < 1.29 is 4.79 Å². The molecule has 0 atom stereocenters. The lowest BCUT2D eigenvalue weighted by atomic mass is 10.1.